The van der Waals surface area contributed by atoms with Crippen LogP contribution < -0.4 is 5.73 Å². The van der Waals surface area contributed by atoms with Gasteiger partial charge in [0.1, 0.15) is 0 Å². The summed E-state index contributed by atoms with van der Waals surface area (Å²) in [5, 5.41) is 9.32. The van der Waals surface area contributed by atoms with Crippen molar-refractivity contribution in [2.45, 2.75) is 46.2 Å². The third-order valence-corrected chi connectivity index (χ3v) is 3.71. The zero-order valence-electron chi connectivity index (χ0n) is 10.5. The third kappa shape index (κ3) is 3.16. The van der Waals surface area contributed by atoms with Crippen LogP contribution in [0.3, 0.4) is 0 Å². The minimum absolute atomic E-state index is 0.0497. The zero-order valence-corrected chi connectivity index (χ0v) is 10.5. The van der Waals surface area contributed by atoms with E-state index < -0.39 is 0 Å². The van der Waals surface area contributed by atoms with Crippen LogP contribution in [0.15, 0.2) is 0 Å². The van der Waals surface area contributed by atoms with Crippen molar-refractivity contribution in [1.29, 1.82) is 0 Å². The molecule has 3 nitrogen and oxygen atoms in total. The van der Waals surface area contributed by atoms with Gasteiger partial charge in [-0.2, -0.15) is 0 Å². The molecule has 15 heavy (non-hydrogen) atoms. The molecule has 0 radical (unpaired) electrons. The molecule has 3 unspecified atom stereocenters. The minimum Gasteiger partial charge on any atom is -0.395 e. The van der Waals surface area contributed by atoms with Crippen molar-refractivity contribution in [3.05, 3.63) is 0 Å². The van der Waals surface area contributed by atoms with Gasteiger partial charge in [-0.25, -0.2) is 0 Å². The summed E-state index contributed by atoms with van der Waals surface area (Å²) >= 11 is 0. The van der Waals surface area contributed by atoms with Crippen LogP contribution in [0.2, 0.25) is 0 Å². The van der Waals surface area contributed by atoms with Crippen molar-refractivity contribution >= 4 is 0 Å². The average Bonchev–Trinajstić information content (AvgIpc) is 2.52. The van der Waals surface area contributed by atoms with E-state index in [0.29, 0.717) is 5.41 Å². The first-order chi connectivity index (χ1) is 6.86. The standard InChI is InChI=1S/C12H26N2O/c1-9(13)11(8-15)14-6-5-10(7-14)12(2,3)4/h9-11,15H,5-8,13H2,1-4H3. The highest BCUT2D eigenvalue weighted by molar-refractivity contribution is 4.89. The normalized spacial score (nSPS) is 28.0. The Kier molecular flexibility index (Phi) is 4.15. The summed E-state index contributed by atoms with van der Waals surface area (Å²) in [4.78, 5) is 2.35. The molecule has 0 aromatic heterocycles. The summed E-state index contributed by atoms with van der Waals surface area (Å²) in [6.07, 6.45) is 1.23. The lowest BCUT2D eigenvalue weighted by molar-refractivity contribution is 0.117. The highest BCUT2D eigenvalue weighted by atomic mass is 16.3. The van der Waals surface area contributed by atoms with Crippen LogP contribution in [0, 0.1) is 11.3 Å². The number of likely N-dealkylation sites (tertiary alicyclic amines) is 1. The molecule has 0 aromatic carbocycles. The molecule has 1 aliphatic heterocycles. The second-order valence-electron chi connectivity index (χ2n) is 5.96. The lowest BCUT2D eigenvalue weighted by Gasteiger charge is -2.31. The van der Waals surface area contributed by atoms with Gasteiger partial charge in [-0.05, 0) is 31.2 Å². The van der Waals surface area contributed by atoms with E-state index in [9.17, 15) is 5.11 Å². The molecule has 1 rings (SSSR count). The molecule has 1 heterocycles. The van der Waals surface area contributed by atoms with Gasteiger partial charge in [0.05, 0.1) is 6.61 Å². The maximum atomic E-state index is 9.32. The van der Waals surface area contributed by atoms with Gasteiger partial charge in [-0.3, -0.25) is 4.90 Å². The quantitative estimate of drug-likeness (QED) is 0.738. The number of hydrogen-bond donors (Lipinski definition) is 2. The third-order valence-electron chi connectivity index (χ3n) is 3.71. The highest BCUT2D eigenvalue weighted by Gasteiger charge is 2.35. The van der Waals surface area contributed by atoms with Crippen molar-refractivity contribution in [2.24, 2.45) is 17.1 Å². The van der Waals surface area contributed by atoms with E-state index in [1.165, 1.54) is 6.42 Å². The van der Waals surface area contributed by atoms with E-state index in [1.807, 2.05) is 6.92 Å². The Balaban J connectivity index is 2.55. The number of hydrogen-bond acceptors (Lipinski definition) is 3. The second kappa shape index (κ2) is 4.81. The van der Waals surface area contributed by atoms with Gasteiger partial charge in [0.15, 0.2) is 0 Å². The lowest BCUT2D eigenvalue weighted by Crippen LogP contribution is -2.48. The van der Waals surface area contributed by atoms with Gasteiger partial charge < -0.3 is 10.8 Å². The Morgan fingerprint density at radius 2 is 2.07 bits per heavy atom. The van der Waals surface area contributed by atoms with Crippen LogP contribution in [-0.2, 0) is 0 Å². The van der Waals surface area contributed by atoms with Crippen LogP contribution in [0.5, 0.6) is 0 Å². The summed E-state index contributed by atoms with van der Waals surface area (Å²) in [5.74, 6) is 0.727. The van der Waals surface area contributed by atoms with E-state index in [1.54, 1.807) is 0 Å². The van der Waals surface area contributed by atoms with E-state index in [-0.39, 0.29) is 18.7 Å². The van der Waals surface area contributed by atoms with Gasteiger partial charge in [0, 0.05) is 18.6 Å². The number of aliphatic hydroxyl groups excluding tert-OH is 1. The van der Waals surface area contributed by atoms with Crippen LogP contribution in [-0.4, -0.2) is 41.8 Å². The van der Waals surface area contributed by atoms with Gasteiger partial charge in [-0.15, -0.1) is 0 Å². The topological polar surface area (TPSA) is 49.5 Å². The first-order valence-electron chi connectivity index (χ1n) is 5.96. The minimum atomic E-state index is 0.0497. The van der Waals surface area contributed by atoms with Gasteiger partial charge >= 0.3 is 0 Å². The van der Waals surface area contributed by atoms with Crippen molar-refractivity contribution in [3.8, 4) is 0 Å². The summed E-state index contributed by atoms with van der Waals surface area (Å²) in [5.41, 5.74) is 6.25. The molecule has 0 saturated carbocycles. The van der Waals surface area contributed by atoms with Gasteiger partial charge in [0.2, 0.25) is 0 Å². The van der Waals surface area contributed by atoms with E-state index in [4.69, 9.17) is 5.73 Å². The molecule has 0 amide bonds. The molecule has 0 aromatic rings. The molecule has 0 aliphatic carbocycles. The molecule has 1 saturated heterocycles. The fourth-order valence-corrected chi connectivity index (χ4v) is 2.41. The maximum Gasteiger partial charge on any atom is 0.0601 e. The Hall–Kier alpha value is -0.120. The fraction of sp³-hybridized carbons (Fsp3) is 1.00. The fourth-order valence-electron chi connectivity index (χ4n) is 2.41. The summed E-state index contributed by atoms with van der Waals surface area (Å²) in [6.45, 7) is 11.2. The molecule has 0 bridgehead atoms. The summed E-state index contributed by atoms with van der Waals surface area (Å²) < 4.78 is 0. The second-order valence-corrected chi connectivity index (χ2v) is 5.96. The first-order valence-corrected chi connectivity index (χ1v) is 5.96. The van der Waals surface area contributed by atoms with Crippen molar-refractivity contribution in [1.82, 2.24) is 4.90 Å². The maximum absolute atomic E-state index is 9.32. The van der Waals surface area contributed by atoms with E-state index in [0.717, 1.165) is 19.0 Å². The zero-order chi connectivity index (χ0) is 11.6. The van der Waals surface area contributed by atoms with Crippen LogP contribution in [0.25, 0.3) is 0 Å². The number of aliphatic hydroxyl groups is 1. The van der Waals surface area contributed by atoms with Gasteiger partial charge in [-0.1, -0.05) is 20.8 Å². The molecule has 0 spiro atoms. The highest BCUT2D eigenvalue weighted by Crippen LogP contribution is 2.34. The van der Waals surface area contributed by atoms with Crippen molar-refractivity contribution in [3.63, 3.8) is 0 Å². The molecular formula is C12H26N2O. The lowest BCUT2D eigenvalue weighted by atomic mass is 9.80. The average molecular weight is 214 g/mol. The molecule has 90 valence electrons. The smallest absolute Gasteiger partial charge is 0.0601 e. The Morgan fingerprint density at radius 3 is 2.40 bits per heavy atom. The van der Waals surface area contributed by atoms with Crippen molar-refractivity contribution in [2.75, 3.05) is 19.7 Å². The summed E-state index contributed by atoms with van der Waals surface area (Å²) in [7, 11) is 0. The Morgan fingerprint density at radius 1 is 1.47 bits per heavy atom. The molecule has 3 atom stereocenters. The predicted octanol–water partition coefficient (Wildman–Crippen LogP) is 1.06. The van der Waals surface area contributed by atoms with E-state index >= 15 is 0 Å². The van der Waals surface area contributed by atoms with Crippen molar-refractivity contribution < 1.29 is 5.11 Å². The number of rotatable bonds is 3. The molecular weight excluding hydrogens is 188 g/mol. The Labute approximate surface area is 93.6 Å². The Bertz CT molecular complexity index is 198. The SMILES string of the molecule is CC(N)C(CO)N1CCC(C(C)(C)C)C1. The van der Waals surface area contributed by atoms with Gasteiger partial charge in [0.25, 0.3) is 0 Å². The number of nitrogens with zero attached hydrogens (tertiary/aromatic N) is 1. The molecule has 1 aliphatic rings. The molecule has 1 fully saturated rings. The monoisotopic (exact) mass is 214 g/mol. The number of nitrogens with two attached hydrogens (primary N) is 1. The largest absolute Gasteiger partial charge is 0.395 e. The van der Waals surface area contributed by atoms with E-state index in [2.05, 4.69) is 25.7 Å². The molecule has 3 heteroatoms. The van der Waals surface area contributed by atoms with Crippen LogP contribution in [0.4, 0.5) is 0 Å². The van der Waals surface area contributed by atoms with Crippen LogP contribution in [0.1, 0.15) is 34.1 Å². The van der Waals surface area contributed by atoms with Crippen LogP contribution >= 0.6 is 0 Å². The predicted molar refractivity (Wildman–Crippen MR) is 63.7 cm³/mol. The summed E-state index contributed by atoms with van der Waals surface area (Å²) in [6, 6.07) is 0.186. The molecule has 3 N–H and O–H groups in total. The first kappa shape index (κ1) is 12.9.